The molecule has 1 aromatic carbocycles. The highest BCUT2D eigenvalue weighted by atomic mass is 79.9. The first-order valence-corrected chi connectivity index (χ1v) is 3.88. The Labute approximate surface area is 77.0 Å². The molecule has 0 saturated carbocycles. The van der Waals surface area contributed by atoms with Crippen LogP contribution in [0.5, 0.6) is 0 Å². The molecule has 60 valence electrons. The number of hydrogen-bond donors (Lipinski definition) is 0. The van der Waals surface area contributed by atoms with Crippen LogP contribution in [-0.4, -0.2) is 5.91 Å². The molecule has 0 atom stereocenters. The van der Waals surface area contributed by atoms with Crippen LogP contribution in [0.4, 0.5) is 0 Å². The highest BCUT2D eigenvalue weighted by Gasteiger charge is 2.01. The lowest BCUT2D eigenvalue weighted by atomic mass is 10.2. The van der Waals surface area contributed by atoms with Crippen molar-refractivity contribution < 1.29 is 4.79 Å². The molecule has 0 unspecified atom stereocenters. The van der Waals surface area contributed by atoms with Crippen molar-refractivity contribution in [3.05, 3.63) is 44.7 Å². The van der Waals surface area contributed by atoms with Gasteiger partial charge in [-0.1, -0.05) is 28.1 Å². The van der Waals surface area contributed by atoms with Gasteiger partial charge in [-0.15, -0.1) is 0 Å². The number of carbonyl (C=O) groups excluding carboxylic acids is 1. The number of rotatable bonds is 1. The van der Waals surface area contributed by atoms with Crippen LogP contribution in [-0.2, 0) is 0 Å². The van der Waals surface area contributed by atoms with E-state index in [1.165, 1.54) is 0 Å². The minimum Gasteiger partial charge on any atom is -0.287 e. The van der Waals surface area contributed by atoms with Crippen molar-refractivity contribution in [2.24, 2.45) is 5.11 Å². The zero-order valence-electron chi connectivity index (χ0n) is 5.94. The van der Waals surface area contributed by atoms with Crippen LogP contribution < -0.4 is 0 Å². The molecule has 0 aliphatic rings. The van der Waals surface area contributed by atoms with Crippen LogP contribution >= 0.6 is 15.9 Å². The SMILES string of the molecule is [N-]=[N+]=NC(=O)c1cccc(Br)c1. The summed E-state index contributed by atoms with van der Waals surface area (Å²) in [4.78, 5) is 13.4. The van der Waals surface area contributed by atoms with Gasteiger partial charge in [-0.05, 0) is 22.8 Å². The first kappa shape index (κ1) is 8.77. The van der Waals surface area contributed by atoms with Gasteiger partial charge in [0.2, 0.25) is 5.91 Å². The fraction of sp³-hybridized carbons (Fsp3) is 0. The summed E-state index contributed by atoms with van der Waals surface area (Å²) in [5, 5.41) is 2.96. The Balaban J connectivity index is 3.03. The topological polar surface area (TPSA) is 65.8 Å². The molecule has 0 N–H and O–H groups in total. The zero-order chi connectivity index (χ0) is 8.97. The molecule has 12 heavy (non-hydrogen) atoms. The Morgan fingerprint density at radius 3 is 2.92 bits per heavy atom. The molecule has 0 heterocycles. The van der Waals surface area contributed by atoms with Crippen molar-refractivity contribution in [3.8, 4) is 0 Å². The molecular formula is C7H4BrN3O. The van der Waals surface area contributed by atoms with Crippen LogP contribution in [0.25, 0.3) is 10.4 Å². The Bertz CT molecular complexity index is 357. The monoisotopic (exact) mass is 225 g/mol. The van der Waals surface area contributed by atoms with Crippen LogP contribution in [0.2, 0.25) is 0 Å². The summed E-state index contributed by atoms with van der Waals surface area (Å²) in [5.74, 6) is -0.571. The molecule has 0 aliphatic heterocycles. The van der Waals surface area contributed by atoms with E-state index in [9.17, 15) is 4.79 Å². The van der Waals surface area contributed by atoms with E-state index in [0.29, 0.717) is 5.56 Å². The lowest BCUT2D eigenvalue weighted by molar-refractivity contribution is 0.100. The number of azide groups is 1. The standard InChI is InChI=1S/C7H4BrN3O/c8-6-3-1-2-5(4-6)7(12)10-11-9/h1-4H. The van der Waals surface area contributed by atoms with E-state index >= 15 is 0 Å². The summed E-state index contributed by atoms with van der Waals surface area (Å²) in [6.07, 6.45) is 0. The number of benzene rings is 1. The van der Waals surface area contributed by atoms with Crippen LogP contribution in [0.3, 0.4) is 0 Å². The highest BCUT2D eigenvalue weighted by molar-refractivity contribution is 9.10. The molecule has 4 nitrogen and oxygen atoms in total. The summed E-state index contributed by atoms with van der Waals surface area (Å²) in [5.41, 5.74) is 8.37. The maximum absolute atomic E-state index is 11.0. The normalized spacial score (nSPS) is 8.75. The maximum Gasteiger partial charge on any atom is 0.249 e. The van der Waals surface area contributed by atoms with Crippen molar-refractivity contribution in [1.82, 2.24) is 0 Å². The molecule has 1 aromatic rings. The fourth-order valence-electron chi connectivity index (χ4n) is 0.720. The van der Waals surface area contributed by atoms with E-state index in [4.69, 9.17) is 5.53 Å². The van der Waals surface area contributed by atoms with Gasteiger partial charge in [0.1, 0.15) is 0 Å². The third kappa shape index (κ3) is 2.08. The third-order valence-corrected chi connectivity index (χ3v) is 1.70. The minimum atomic E-state index is -0.571. The second-order valence-corrected chi connectivity index (χ2v) is 2.92. The average molecular weight is 226 g/mol. The second-order valence-electron chi connectivity index (χ2n) is 2.00. The highest BCUT2D eigenvalue weighted by Crippen LogP contribution is 2.12. The number of hydrogen-bond acceptors (Lipinski definition) is 1. The van der Waals surface area contributed by atoms with Crippen LogP contribution in [0, 0.1) is 0 Å². The first-order valence-electron chi connectivity index (χ1n) is 3.09. The molecule has 0 aromatic heterocycles. The summed E-state index contributed by atoms with van der Waals surface area (Å²) in [6, 6.07) is 6.66. The number of amides is 1. The van der Waals surface area contributed by atoms with E-state index in [-0.39, 0.29) is 0 Å². The number of carbonyl (C=O) groups is 1. The van der Waals surface area contributed by atoms with E-state index in [2.05, 4.69) is 26.0 Å². The molecule has 0 spiro atoms. The van der Waals surface area contributed by atoms with Gasteiger partial charge >= 0.3 is 0 Å². The molecule has 1 amide bonds. The lowest BCUT2D eigenvalue weighted by Gasteiger charge is -1.93. The number of halogens is 1. The van der Waals surface area contributed by atoms with Gasteiger partial charge < -0.3 is 0 Å². The van der Waals surface area contributed by atoms with Gasteiger partial charge in [-0.25, -0.2) is 0 Å². The maximum atomic E-state index is 11.0. The predicted octanol–water partition coefficient (Wildman–Crippen LogP) is 2.90. The van der Waals surface area contributed by atoms with E-state index in [1.807, 2.05) is 0 Å². The Morgan fingerprint density at radius 2 is 2.33 bits per heavy atom. The fourth-order valence-corrected chi connectivity index (χ4v) is 1.12. The van der Waals surface area contributed by atoms with Crippen LogP contribution in [0.1, 0.15) is 10.4 Å². The van der Waals surface area contributed by atoms with Crippen molar-refractivity contribution >= 4 is 21.8 Å². The van der Waals surface area contributed by atoms with E-state index in [0.717, 1.165) is 4.47 Å². The van der Waals surface area contributed by atoms with Crippen molar-refractivity contribution in [1.29, 1.82) is 0 Å². The summed E-state index contributed by atoms with van der Waals surface area (Å²) in [6.45, 7) is 0. The van der Waals surface area contributed by atoms with Crippen molar-refractivity contribution in [2.45, 2.75) is 0 Å². The molecule has 1 rings (SSSR count). The smallest absolute Gasteiger partial charge is 0.249 e. The quantitative estimate of drug-likeness (QED) is 0.412. The van der Waals surface area contributed by atoms with Gasteiger partial charge in [-0.2, -0.15) is 0 Å². The molecular weight excluding hydrogens is 222 g/mol. The second kappa shape index (κ2) is 3.90. The van der Waals surface area contributed by atoms with E-state index < -0.39 is 5.91 Å². The van der Waals surface area contributed by atoms with Crippen LogP contribution in [0.15, 0.2) is 33.9 Å². The lowest BCUT2D eigenvalue weighted by Crippen LogP contribution is -1.91. The van der Waals surface area contributed by atoms with E-state index in [1.54, 1.807) is 24.3 Å². The Morgan fingerprint density at radius 1 is 1.58 bits per heavy atom. The van der Waals surface area contributed by atoms with Gasteiger partial charge in [0.25, 0.3) is 0 Å². The molecule has 0 bridgehead atoms. The predicted molar refractivity (Wildman–Crippen MR) is 47.6 cm³/mol. The van der Waals surface area contributed by atoms with Crippen molar-refractivity contribution in [2.75, 3.05) is 0 Å². The average Bonchev–Trinajstić information content (AvgIpc) is 2.05. The molecule has 0 aliphatic carbocycles. The summed E-state index contributed by atoms with van der Waals surface area (Å²) < 4.78 is 0.779. The van der Waals surface area contributed by atoms with Gasteiger partial charge in [0, 0.05) is 14.9 Å². The van der Waals surface area contributed by atoms with Gasteiger partial charge in [0.15, 0.2) is 0 Å². The summed E-state index contributed by atoms with van der Waals surface area (Å²) >= 11 is 3.19. The van der Waals surface area contributed by atoms with Gasteiger partial charge in [0.05, 0.1) is 0 Å². The Hall–Kier alpha value is -1.32. The first-order chi connectivity index (χ1) is 5.74. The van der Waals surface area contributed by atoms with Gasteiger partial charge in [-0.3, -0.25) is 4.79 Å². The third-order valence-electron chi connectivity index (χ3n) is 1.21. The summed E-state index contributed by atoms with van der Waals surface area (Å²) in [7, 11) is 0. The number of nitrogens with zero attached hydrogens (tertiary/aromatic N) is 3. The molecule has 0 fully saturated rings. The Kier molecular flexibility index (Phi) is 2.85. The molecule has 0 saturated heterocycles. The minimum absolute atomic E-state index is 0.377. The van der Waals surface area contributed by atoms with Crippen molar-refractivity contribution in [3.63, 3.8) is 0 Å². The largest absolute Gasteiger partial charge is 0.287 e. The zero-order valence-corrected chi connectivity index (χ0v) is 7.52. The molecule has 0 radical (unpaired) electrons. The molecule has 5 heteroatoms.